The highest BCUT2D eigenvalue weighted by Crippen LogP contribution is 2.18. The van der Waals surface area contributed by atoms with Crippen LogP contribution in [-0.2, 0) is 18.4 Å². The lowest BCUT2D eigenvalue weighted by Crippen LogP contribution is -2.43. The Hall–Kier alpha value is -3.00. The zero-order chi connectivity index (χ0) is 18.8. The van der Waals surface area contributed by atoms with Gasteiger partial charge in [-0.3, -0.25) is 18.7 Å². The highest BCUT2D eigenvalue weighted by molar-refractivity contribution is 6.30. The summed E-state index contributed by atoms with van der Waals surface area (Å²) in [6.07, 6.45) is 1.36. The van der Waals surface area contributed by atoms with Gasteiger partial charge < -0.3 is 5.32 Å². The van der Waals surface area contributed by atoms with E-state index in [0.717, 1.165) is 4.57 Å². The number of likely N-dealkylation sites (N-methyl/N-ethyl adjacent to an activating group) is 1. The second-order valence-electron chi connectivity index (χ2n) is 5.62. The summed E-state index contributed by atoms with van der Waals surface area (Å²) in [7, 11) is 1.50. The monoisotopic (exact) mass is 373 g/mol. The number of nitrogens with zero attached hydrogens (tertiary/aromatic N) is 4. The van der Waals surface area contributed by atoms with Crippen molar-refractivity contribution >= 4 is 28.5 Å². The third-order valence-corrected chi connectivity index (χ3v) is 4.11. The van der Waals surface area contributed by atoms with Crippen molar-refractivity contribution in [3.05, 3.63) is 56.3 Å². The van der Waals surface area contributed by atoms with Crippen molar-refractivity contribution < 1.29 is 4.79 Å². The Balaban J connectivity index is 2.16. The number of carbonyl (C=O) groups is 1. The van der Waals surface area contributed by atoms with E-state index in [1.807, 2.05) is 0 Å². The Morgan fingerprint density at radius 1 is 1.23 bits per heavy atom. The predicted octanol–water partition coefficient (Wildman–Crippen LogP) is 0.947. The van der Waals surface area contributed by atoms with Gasteiger partial charge in [-0.15, -0.1) is 0 Å². The summed E-state index contributed by atoms with van der Waals surface area (Å²) >= 11 is 5.88. The van der Waals surface area contributed by atoms with Crippen LogP contribution in [0.25, 0.3) is 22.4 Å². The molecular weight excluding hydrogens is 358 g/mol. The molecule has 0 atom stereocenters. The topological polar surface area (TPSA) is 98.9 Å². The second-order valence-corrected chi connectivity index (χ2v) is 6.06. The maximum atomic E-state index is 12.6. The molecule has 0 saturated carbocycles. The minimum atomic E-state index is -0.616. The normalized spacial score (nSPS) is 10.9. The van der Waals surface area contributed by atoms with Crippen molar-refractivity contribution in [2.24, 2.45) is 7.05 Å². The fourth-order valence-corrected chi connectivity index (χ4v) is 2.68. The lowest BCUT2D eigenvalue weighted by molar-refractivity contribution is -0.121. The van der Waals surface area contributed by atoms with Crippen LogP contribution in [0.4, 0.5) is 0 Å². The van der Waals surface area contributed by atoms with E-state index in [0.29, 0.717) is 23.0 Å². The molecule has 26 heavy (non-hydrogen) atoms. The van der Waals surface area contributed by atoms with E-state index in [-0.39, 0.29) is 17.6 Å². The minimum absolute atomic E-state index is 0.161. The Labute approximate surface area is 153 Å². The van der Waals surface area contributed by atoms with Crippen LogP contribution in [-0.4, -0.2) is 31.6 Å². The lowest BCUT2D eigenvalue weighted by Gasteiger charge is -2.10. The van der Waals surface area contributed by atoms with Crippen molar-refractivity contribution in [2.75, 3.05) is 6.54 Å². The van der Waals surface area contributed by atoms with Gasteiger partial charge in [-0.1, -0.05) is 11.6 Å². The SMILES string of the molecule is CCNC(=O)Cn1c(=O)c2cnc(-c3ccc(Cl)cc3)nc2n(C)c1=O. The number of aryl methyl sites for hydroxylation is 1. The van der Waals surface area contributed by atoms with Gasteiger partial charge in [0.25, 0.3) is 5.56 Å². The van der Waals surface area contributed by atoms with E-state index >= 15 is 0 Å². The Kier molecular flexibility index (Phi) is 4.85. The van der Waals surface area contributed by atoms with Crippen LogP contribution >= 0.6 is 11.6 Å². The minimum Gasteiger partial charge on any atom is -0.355 e. The molecule has 0 bridgehead atoms. The molecule has 0 unspecified atom stereocenters. The van der Waals surface area contributed by atoms with Crippen LogP contribution in [0.3, 0.4) is 0 Å². The number of nitrogens with one attached hydrogen (secondary N) is 1. The zero-order valence-electron chi connectivity index (χ0n) is 14.2. The average Bonchev–Trinajstić information content (AvgIpc) is 2.64. The van der Waals surface area contributed by atoms with Gasteiger partial charge >= 0.3 is 5.69 Å². The molecular formula is C17H16ClN5O3. The highest BCUT2D eigenvalue weighted by Gasteiger charge is 2.16. The van der Waals surface area contributed by atoms with Gasteiger partial charge in [0.2, 0.25) is 5.91 Å². The zero-order valence-corrected chi connectivity index (χ0v) is 14.9. The summed E-state index contributed by atoms with van der Waals surface area (Å²) in [4.78, 5) is 45.4. The number of amides is 1. The van der Waals surface area contributed by atoms with Crippen LogP contribution in [0, 0.1) is 0 Å². The molecule has 0 fully saturated rings. The third-order valence-electron chi connectivity index (χ3n) is 3.86. The van der Waals surface area contributed by atoms with E-state index in [2.05, 4.69) is 15.3 Å². The van der Waals surface area contributed by atoms with Crippen LogP contribution in [0.2, 0.25) is 5.02 Å². The molecule has 0 spiro atoms. The first-order valence-corrected chi connectivity index (χ1v) is 8.29. The van der Waals surface area contributed by atoms with Gasteiger partial charge in [0.15, 0.2) is 11.5 Å². The number of hydrogen-bond acceptors (Lipinski definition) is 5. The summed E-state index contributed by atoms with van der Waals surface area (Å²) in [5, 5.41) is 3.30. The van der Waals surface area contributed by atoms with Crippen LogP contribution in [0.5, 0.6) is 0 Å². The van der Waals surface area contributed by atoms with Crippen LogP contribution < -0.4 is 16.6 Å². The summed E-state index contributed by atoms with van der Waals surface area (Å²) < 4.78 is 2.11. The van der Waals surface area contributed by atoms with Crippen molar-refractivity contribution in [3.8, 4) is 11.4 Å². The Bertz CT molecular complexity index is 1100. The van der Waals surface area contributed by atoms with E-state index in [4.69, 9.17) is 11.6 Å². The molecule has 1 N–H and O–H groups in total. The Morgan fingerprint density at radius 2 is 1.92 bits per heavy atom. The first kappa shape index (κ1) is 17.8. The quantitative estimate of drug-likeness (QED) is 0.734. The van der Waals surface area contributed by atoms with E-state index in [9.17, 15) is 14.4 Å². The molecule has 0 aliphatic carbocycles. The fraction of sp³-hybridized carbons (Fsp3) is 0.235. The highest BCUT2D eigenvalue weighted by atomic mass is 35.5. The van der Waals surface area contributed by atoms with Crippen LogP contribution in [0.1, 0.15) is 6.92 Å². The molecule has 1 aromatic carbocycles. The van der Waals surface area contributed by atoms with Gasteiger partial charge in [0.05, 0.1) is 0 Å². The van der Waals surface area contributed by atoms with Gasteiger partial charge in [0.1, 0.15) is 11.9 Å². The first-order chi connectivity index (χ1) is 12.4. The summed E-state index contributed by atoms with van der Waals surface area (Å²) in [5.74, 6) is -0.0465. The summed E-state index contributed by atoms with van der Waals surface area (Å²) in [6, 6.07) is 6.90. The third kappa shape index (κ3) is 3.23. The Morgan fingerprint density at radius 3 is 2.58 bits per heavy atom. The molecule has 0 aliphatic heterocycles. The molecule has 0 saturated heterocycles. The average molecular weight is 374 g/mol. The van der Waals surface area contributed by atoms with Crippen molar-refractivity contribution in [1.29, 1.82) is 0 Å². The molecule has 0 aliphatic rings. The van der Waals surface area contributed by atoms with E-state index in [1.165, 1.54) is 17.8 Å². The van der Waals surface area contributed by atoms with E-state index < -0.39 is 17.2 Å². The maximum absolute atomic E-state index is 12.6. The molecule has 3 aromatic rings. The smallest absolute Gasteiger partial charge is 0.332 e. The number of halogens is 1. The van der Waals surface area contributed by atoms with Gasteiger partial charge in [-0.05, 0) is 31.2 Å². The molecule has 3 rings (SSSR count). The first-order valence-electron chi connectivity index (χ1n) is 7.91. The van der Waals surface area contributed by atoms with Gasteiger partial charge in [0, 0.05) is 30.4 Å². The number of fused-ring (bicyclic) bond motifs is 1. The molecule has 9 heteroatoms. The standard InChI is InChI=1S/C17H16ClN5O3/c1-3-19-13(24)9-23-16(25)12-8-20-14(10-4-6-11(18)7-5-10)21-15(12)22(2)17(23)26/h4-8H,3,9H2,1-2H3,(H,19,24). The second kappa shape index (κ2) is 7.09. The van der Waals surface area contributed by atoms with Gasteiger partial charge in [-0.25, -0.2) is 14.8 Å². The van der Waals surface area contributed by atoms with Crippen LogP contribution in [0.15, 0.2) is 40.1 Å². The van der Waals surface area contributed by atoms with E-state index in [1.54, 1.807) is 31.2 Å². The van der Waals surface area contributed by atoms with Crippen molar-refractivity contribution in [2.45, 2.75) is 13.5 Å². The number of aromatic nitrogens is 4. The summed E-state index contributed by atoms with van der Waals surface area (Å²) in [5.41, 5.74) is -0.311. The maximum Gasteiger partial charge on any atom is 0.332 e. The number of hydrogen-bond donors (Lipinski definition) is 1. The number of benzene rings is 1. The van der Waals surface area contributed by atoms with Crippen molar-refractivity contribution in [1.82, 2.24) is 24.4 Å². The fourth-order valence-electron chi connectivity index (χ4n) is 2.56. The molecule has 1 amide bonds. The largest absolute Gasteiger partial charge is 0.355 e. The molecule has 134 valence electrons. The number of carbonyl (C=O) groups excluding carboxylic acids is 1. The number of rotatable bonds is 4. The predicted molar refractivity (Wildman–Crippen MR) is 98.2 cm³/mol. The lowest BCUT2D eigenvalue weighted by atomic mass is 10.2. The van der Waals surface area contributed by atoms with Gasteiger partial charge in [-0.2, -0.15) is 0 Å². The molecule has 2 aromatic heterocycles. The molecule has 2 heterocycles. The molecule has 8 nitrogen and oxygen atoms in total. The van der Waals surface area contributed by atoms with Crippen molar-refractivity contribution in [3.63, 3.8) is 0 Å². The molecule has 0 radical (unpaired) electrons. The summed E-state index contributed by atoms with van der Waals surface area (Å²) in [6.45, 7) is 1.81.